The number of amides is 2. The maximum atomic E-state index is 13.1. The van der Waals surface area contributed by atoms with Gasteiger partial charge in [0.2, 0.25) is 0 Å². The Hall–Kier alpha value is -2.96. The molecule has 1 saturated heterocycles. The first-order valence-corrected chi connectivity index (χ1v) is 8.00. The van der Waals surface area contributed by atoms with Crippen LogP contribution in [0.15, 0.2) is 48.7 Å². The molecule has 1 fully saturated rings. The Morgan fingerprint density at radius 1 is 1.04 bits per heavy atom. The number of rotatable bonds is 4. The van der Waals surface area contributed by atoms with Crippen LogP contribution in [0.4, 0.5) is 4.39 Å². The van der Waals surface area contributed by atoms with Gasteiger partial charge in [-0.1, -0.05) is 12.1 Å². The van der Waals surface area contributed by atoms with E-state index in [-0.39, 0.29) is 18.4 Å². The van der Waals surface area contributed by atoms with E-state index in [4.69, 9.17) is 4.74 Å². The molecule has 2 heterocycles. The average Bonchev–Trinajstić information content (AvgIpc) is 2.66. The van der Waals surface area contributed by atoms with Crippen molar-refractivity contribution in [2.24, 2.45) is 0 Å². The van der Waals surface area contributed by atoms with E-state index in [1.54, 1.807) is 40.3 Å². The first kappa shape index (κ1) is 16.9. The van der Waals surface area contributed by atoms with E-state index < -0.39 is 5.82 Å². The molecule has 2 amide bonds. The normalized spacial score (nSPS) is 14.3. The van der Waals surface area contributed by atoms with Crippen LogP contribution in [0.2, 0.25) is 0 Å². The first-order valence-electron chi connectivity index (χ1n) is 8.00. The third kappa shape index (κ3) is 4.32. The van der Waals surface area contributed by atoms with Crippen molar-refractivity contribution in [2.45, 2.75) is 0 Å². The van der Waals surface area contributed by atoms with Crippen molar-refractivity contribution >= 4 is 11.8 Å². The summed E-state index contributed by atoms with van der Waals surface area (Å²) in [7, 11) is 0. The van der Waals surface area contributed by atoms with Crippen molar-refractivity contribution in [3.63, 3.8) is 0 Å². The van der Waals surface area contributed by atoms with Crippen molar-refractivity contribution in [3.05, 3.63) is 60.2 Å². The van der Waals surface area contributed by atoms with Gasteiger partial charge in [0.1, 0.15) is 17.3 Å². The van der Waals surface area contributed by atoms with Gasteiger partial charge in [0.05, 0.1) is 0 Å². The van der Waals surface area contributed by atoms with E-state index in [1.807, 2.05) is 0 Å². The molecular formula is C18H18FN3O3. The summed E-state index contributed by atoms with van der Waals surface area (Å²) in [5, 5.41) is 0. The van der Waals surface area contributed by atoms with Gasteiger partial charge in [-0.2, -0.15) is 0 Å². The summed E-state index contributed by atoms with van der Waals surface area (Å²) in [6.45, 7) is 1.60. The van der Waals surface area contributed by atoms with E-state index in [0.29, 0.717) is 37.6 Å². The van der Waals surface area contributed by atoms with Crippen molar-refractivity contribution < 1.29 is 18.7 Å². The summed E-state index contributed by atoms with van der Waals surface area (Å²) < 4.78 is 18.4. The Bertz CT molecular complexity index is 746. The highest BCUT2D eigenvalue weighted by Gasteiger charge is 2.25. The first-order chi connectivity index (χ1) is 12.1. The number of ether oxygens (including phenoxy) is 1. The molecule has 0 unspecified atom stereocenters. The molecule has 0 radical (unpaired) electrons. The number of nitrogens with zero attached hydrogens (tertiary/aromatic N) is 3. The van der Waals surface area contributed by atoms with Crippen molar-refractivity contribution in [2.75, 3.05) is 32.8 Å². The Kier molecular flexibility index (Phi) is 5.23. The van der Waals surface area contributed by atoms with Crippen LogP contribution in [0.3, 0.4) is 0 Å². The molecule has 1 aromatic heterocycles. The molecule has 2 aromatic rings. The predicted octanol–water partition coefficient (Wildman–Crippen LogP) is 1.58. The number of hydrogen-bond acceptors (Lipinski definition) is 4. The van der Waals surface area contributed by atoms with Crippen LogP contribution in [0.5, 0.6) is 5.75 Å². The van der Waals surface area contributed by atoms with Gasteiger partial charge in [-0.05, 0) is 24.3 Å². The van der Waals surface area contributed by atoms with Crippen molar-refractivity contribution in [1.29, 1.82) is 0 Å². The lowest BCUT2D eigenvalue weighted by Gasteiger charge is -2.34. The molecule has 1 aromatic carbocycles. The molecule has 1 aliphatic rings. The summed E-state index contributed by atoms with van der Waals surface area (Å²) in [6.07, 6.45) is 1.58. The molecule has 6 nitrogen and oxygen atoms in total. The summed E-state index contributed by atoms with van der Waals surface area (Å²) in [4.78, 5) is 31.9. The molecule has 0 aliphatic carbocycles. The molecule has 25 heavy (non-hydrogen) atoms. The maximum Gasteiger partial charge on any atom is 0.272 e. The number of hydrogen-bond donors (Lipinski definition) is 0. The minimum absolute atomic E-state index is 0.135. The molecule has 0 bridgehead atoms. The fourth-order valence-electron chi connectivity index (χ4n) is 2.60. The molecule has 0 N–H and O–H groups in total. The van der Waals surface area contributed by atoms with E-state index in [2.05, 4.69) is 4.98 Å². The smallest absolute Gasteiger partial charge is 0.272 e. The van der Waals surface area contributed by atoms with Crippen molar-refractivity contribution in [1.82, 2.24) is 14.8 Å². The third-order valence-corrected chi connectivity index (χ3v) is 3.96. The molecule has 3 rings (SSSR count). The van der Waals surface area contributed by atoms with Gasteiger partial charge in [-0.15, -0.1) is 0 Å². The van der Waals surface area contributed by atoms with Crippen LogP contribution in [0.1, 0.15) is 10.5 Å². The van der Waals surface area contributed by atoms with Crippen LogP contribution in [0, 0.1) is 5.82 Å². The molecule has 130 valence electrons. The molecule has 0 atom stereocenters. The lowest BCUT2D eigenvalue weighted by atomic mass is 10.2. The van der Waals surface area contributed by atoms with Gasteiger partial charge in [0, 0.05) is 38.4 Å². The van der Waals surface area contributed by atoms with Gasteiger partial charge < -0.3 is 14.5 Å². The number of pyridine rings is 1. The van der Waals surface area contributed by atoms with Gasteiger partial charge in [-0.25, -0.2) is 4.39 Å². The third-order valence-electron chi connectivity index (χ3n) is 3.96. The highest BCUT2D eigenvalue weighted by Crippen LogP contribution is 2.12. The zero-order chi connectivity index (χ0) is 17.6. The highest BCUT2D eigenvalue weighted by molar-refractivity contribution is 5.92. The summed E-state index contributed by atoms with van der Waals surface area (Å²) in [5.74, 6) is -0.415. The number of carbonyl (C=O) groups excluding carboxylic acids is 2. The van der Waals surface area contributed by atoms with E-state index in [1.165, 1.54) is 18.2 Å². The Morgan fingerprint density at radius 2 is 1.80 bits per heavy atom. The average molecular weight is 343 g/mol. The second-order valence-corrected chi connectivity index (χ2v) is 5.63. The van der Waals surface area contributed by atoms with Gasteiger partial charge in [-0.3, -0.25) is 14.6 Å². The molecule has 0 saturated carbocycles. The van der Waals surface area contributed by atoms with Crippen LogP contribution >= 0.6 is 0 Å². The lowest BCUT2D eigenvalue weighted by molar-refractivity contribution is -0.134. The number of piperazine rings is 1. The zero-order valence-corrected chi connectivity index (χ0v) is 13.6. The molecule has 7 heteroatoms. The Labute approximate surface area is 144 Å². The summed E-state index contributed by atoms with van der Waals surface area (Å²) in [6, 6.07) is 10.9. The number of carbonyl (C=O) groups is 2. The van der Waals surface area contributed by atoms with E-state index in [0.717, 1.165) is 0 Å². The topological polar surface area (TPSA) is 62.7 Å². The Balaban J connectivity index is 1.48. The molecule has 0 spiro atoms. The van der Waals surface area contributed by atoms with Gasteiger partial charge >= 0.3 is 0 Å². The van der Waals surface area contributed by atoms with Crippen LogP contribution in [-0.2, 0) is 4.79 Å². The van der Waals surface area contributed by atoms with Crippen LogP contribution in [0.25, 0.3) is 0 Å². The van der Waals surface area contributed by atoms with E-state index in [9.17, 15) is 14.0 Å². The van der Waals surface area contributed by atoms with Gasteiger partial charge in [0.15, 0.2) is 6.61 Å². The zero-order valence-electron chi connectivity index (χ0n) is 13.6. The van der Waals surface area contributed by atoms with Crippen LogP contribution < -0.4 is 4.74 Å². The van der Waals surface area contributed by atoms with E-state index >= 15 is 0 Å². The number of benzene rings is 1. The summed E-state index contributed by atoms with van der Waals surface area (Å²) >= 11 is 0. The minimum Gasteiger partial charge on any atom is -0.484 e. The largest absolute Gasteiger partial charge is 0.484 e. The Morgan fingerprint density at radius 3 is 2.48 bits per heavy atom. The van der Waals surface area contributed by atoms with Crippen molar-refractivity contribution in [3.8, 4) is 5.75 Å². The second kappa shape index (κ2) is 7.74. The minimum atomic E-state index is -0.411. The predicted molar refractivity (Wildman–Crippen MR) is 88.6 cm³/mol. The monoisotopic (exact) mass is 343 g/mol. The molecule has 1 aliphatic heterocycles. The lowest BCUT2D eigenvalue weighted by Crippen LogP contribution is -2.51. The number of halogens is 1. The standard InChI is InChI=1S/C18H18FN3O3/c19-14-4-3-5-15(12-14)25-13-17(23)21-8-10-22(11-9-21)18(24)16-6-1-2-7-20-16/h1-7,12H,8-11,13H2. The SMILES string of the molecule is O=C(COc1cccc(F)c1)N1CCN(C(=O)c2ccccn2)CC1. The quantitative estimate of drug-likeness (QED) is 0.846. The maximum absolute atomic E-state index is 13.1. The fourth-order valence-corrected chi connectivity index (χ4v) is 2.60. The molecular weight excluding hydrogens is 325 g/mol. The number of aromatic nitrogens is 1. The fraction of sp³-hybridized carbons (Fsp3) is 0.278. The second-order valence-electron chi connectivity index (χ2n) is 5.63. The van der Waals surface area contributed by atoms with Crippen LogP contribution in [-0.4, -0.2) is 59.4 Å². The summed E-state index contributed by atoms with van der Waals surface area (Å²) in [5.41, 5.74) is 0.400. The highest BCUT2D eigenvalue weighted by atomic mass is 19.1. The van der Waals surface area contributed by atoms with Gasteiger partial charge in [0.25, 0.3) is 11.8 Å².